The predicted octanol–water partition coefficient (Wildman–Crippen LogP) is 2.83. The van der Waals surface area contributed by atoms with E-state index in [4.69, 9.17) is 0 Å². The van der Waals surface area contributed by atoms with Crippen molar-refractivity contribution in [1.29, 1.82) is 0 Å². The molecule has 0 spiro atoms. The standard InChI is InChI=1S/C16H18N2O4S/c1-8(19)7-18-14(16(21)22)13(17-9(2)20)12-10-5-3-4-6-11(10)23-15(12)18/h3-7H2,1-2H3,(H,17,20)(H,21,22). The minimum Gasteiger partial charge on any atom is -0.477 e. The molecule has 2 aromatic heterocycles. The molecule has 0 atom stereocenters. The van der Waals surface area contributed by atoms with Crippen molar-refractivity contribution in [1.82, 2.24) is 4.57 Å². The van der Waals surface area contributed by atoms with Gasteiger partial charge in [0.05, 0.1) is 12.2 Å². The average molecular weight is 334 g/mol. The second-order valence-corrected chi connectivity index (χ2v) is 6.97. The molecule has 3 rings (SSSR count). The minimum atomic E-state index is -1.14. The van der Waals surface area contributed by atoms with Gasteiger partial charge in [-0.25, -0.2) is 4.79 Å². The van der Waals surface area contributed by atoms with Crippen molar-refractivity contribution in [3.05, 3.63) is 16.1 Å². The van der Waals surface area contributed by atoms with Crippen LogP contribution in [-0.4, -0.2) is 27.3 Å². The van der Waals surface area contributed by atoms with Crippen LogP contribution in [0, 0.1) is 0 Å². The molecule has 2 aromatic rings. The number of aryl methyl sites for hydroxylation is 2. The Hall–Kier alpha value is -2.15. The van der Waals surface area contributed by atoms with Crippen LogP contribution in [0.5, 0.6) is 0 Å². The Labute approximate surface area is 137 Å². The first-order valence-electron chi connectivity index (χ1n) is 7.57. The van der Waals surface area contributed by atoms with Crippen molar-refractivity contribution < 1.29 is 19.5 Å². The molecule has 1 aliphatic rings. The van der Waals surface area contributed by atoms with Gasteiger partial charge >= 0.3 is 5.97 Å². The van der Waals surface area contributed by atoms with Crippen molar-refractivity contribution in [2.45, 2.75) is 46.1 Å². The van der Waals surface area contributed by atoms with Crippen LogP contribution in [0.1, 0.15) is 47.6 Å². The Morgan fingerprint density at radius 1 is 1.22 bits per heavy atom. The van der Waals surface area contributed by atoms with Crippen molar-refractivity contribution >= 4 is 44.9 Å². The lowest BCUT2D eigenvalue weighted by molar-refractivity contribution is -0.117. The van der Waals surface area contributed by atoms with Gasteiger partial charge in [-0.3, -0.25) is 9.59 Å². The molecular weight excluding hydrogens is 316 g/mol. The lowest BCUT2D eigenvalue weighted by Crippen LogP contribution is -2.16. The number of ketones is 1. The molecular formula is C16H18N2O4S. The van der Waals surface area contributed by atoms with Crippen molar-refractivity contribution in [3.8, 4) is 0 Å². The number of nitrogens with one attached hydrogen (secondary N) is 1. The normalized spacial score (nSPS) is 13.8. The number of thiophene rings is 1. The predicted molar refractivity (Wildman–Crippen MR) is 88.4 cm³/mol. The summed E-state index contributed by atoms with van der Waals surface area (Å²) in [5.74, 6) is -1.57. The van der Waals surface area contributed by atoms with Gasteiger partial charge in [0.2, 0.25) is 5.91 Å². The first-order chi connectivity index (χ1) is 10.9. The number of nitrogens with zero attached hydrogens (tertiary/aromatic N) is 1. The summed E-state index contributed by atoms with van der Waals surface area (Å²) in [7, 11) is 0. The van der Waals surface area contributed by atoms with E-state index in [1.165, 1.54) is 23.3 Å². The third-order valence-corrected chi connectivity index (χ3v) is 5.35. The smallest absolute Gasteiger partial charge is 0.354 e. The molecule has 0 aromatic carbocycles. The summed E-state index contributed by atoms with van der Waals surface area (Å²) >= 11 is 1.54. The maximum atomic E-state index is 11.8. The fourth-order valence-corrected chi connectivity index (χ4v) is 4.65. The average Bonchev–Trinajstić information content (AvgIpc) is 2.94. The Bertz CT molecular complexity index is 831. The van der Waals surface area contributed by atoms with Gasteiger partial charge in [-0.2, -0.15) is 0 Å². The van der Waals surface area contributed by atoms with Crippen LogP contribution in [0.15, 0.2) is 0 Å². The quantitative estimate of drug-likeness (QED) is 0.900. The number of carboxylic acid groups (broad SMARTS) is 1. The highest BCUT2D eigenvalue weighted by Gasteiger charge is 2.29. The molecule has 0 fully saturated rings. The van der Waals surface area contributed by atoms with Crippen LogP contribution in [0.2, 0.25) is 0 Å². The highest BCUT2D eigenvalue weighted by Crippen LogP contribution is 2.43. The summed E-state index contributed by atoms with van der Waals surface area (Å²) in [5.41, 5.74) is 1.45. The third kappa shape index (κ3) is 2.65. The van der Waals surface area contributed by atoms with Crippen molar-refractivity contribution in [3.63, 3.8) is 0 Å². The molecule has 23 heavy (non-hydrogen) atoms. The number of fused-ring (bicyclic) bond motifs is 3. The van der Waals surface area contributed by atoms with E-state index in [9.17, 15) is 19.5 Å². The highest BCUT2D eigenvalue weighted by atomic mass is 32.1. The summed E-state index contributed by atoms with van der Waals surface area (Å²) < 4.78 is 1.54. The maximum absolute atomic E-state index is 11.8. The molecule has 0 unspecified atom stereocenters. The van der Waals surface area contributed by atoms with Gasteiger partial charge in [0.25, 0.3) is 0 Å². The van der Waals surface area contributed by atoms with E-state index < -0.39 is 5.97 Å². The molecule has 6 nitrogen and oxygen atoms in total. The van der Waals surface area contributed by atoms with Crippen molar-refractivity contribution in [2.75, 3.05) is 5.32 Å². The minimum absolute atomic E-state index is 0.00287. The number of carbonyl (C=O) groups is 3. The number of rotatable bonds is 4. The number of anilines is 1. The number of carboxylic acids is 1. The van der Waals surface area contributed by atoms with E-state index in [-0.39, 0.29) is 23.9 Å². The van der Waals surface area contributed by atoms with Crippen LogP contribution < -0.4 is 5.32 Å². The Balaban J connectivity index is 2.35. The highest BCUT2D eigenvalue weighted by molar-refractivity contribution is 7.19. The molecule has 122 valence electrons. The Kier molecular flexibility index (Phi) is 3.97. The molecule has 0 saturated carbocycles. The van der Waals surface area contributed by atoms with E-state index in [1.807, 2.05) is 0 Å². The molecule has 1 amide bonds. The summed E-state index contributed by atoms with van der Waals surface area (Å²) in [4.78, 5) is 37.0. The second kappa shape index (κ2) is 5.81. The van der Waals surface area contributed by atoms with E-state index in [1.54, 1.807) is 11.3 Å². The fraction of sp³-hybridized carbons (Fsp3) is 0.438. The third-order valence-electron chi connectivity index (χ3n) is 4.04. The van der Waals surface area contributed by atoms with Gasteiger partial charge < -0.3 is 15.0 Å². The number of aromatic nitrogens is 1. The van der Waals surface area contributed by atoms with Gasteiger partial charge in [-0.15, -0.1) is 11.3 Å². The largest absolute Gasteiger partial charge is 0.477 e. The second-order valence-electron chi connectivity index (χ2n) is 5.89. The Morgan fingerprint density at radius 3 is 2.52 bits per heavy atom. The molecule has 2 N–H and O–H groups in total. The van der Waals surface area contributed by atoms with Gasteiger partial charge in [0.15, 0.2) is 5.69 Å². The van der Waals surface area contributed by atoms with E-state index in [0.29, 0.717) is 5.69 Å². The zero-order valence-electron chi connectivity index (χ0n) is 13.1. The summed E-state index contributed by atoms with van der Waals surface area (Å²) in [6.45, 7) is 2.79. The maximum Gasteiger partial charge on any atom is 0.354 e. The molecule has 1 aliphatic carbocycles. The molecule has 0 saturated heterocycles. The number of hydrogen-bond donors (Lipinski definition) is 2. The van der Waals surface area contributed by atoms with Crippen molar-refractivity contribution in [2.24, 2.45) is 0 Å². The molecule has 0 bridgehead atoms. The molecule has 0 aliphatic heterocycles. The van der Waals surface area contributed by atoms with E-state index in [2.05, 4.69) is 5.32 Å². The zero-order valence-corrected chi connectivity index (χ0v) is 13.9. The first kappa shape index (κ1) is 15.7. The van der Waals surface area contributed by atoms with Gasteiger partial charge in [-0.1, -0.05) is 0 Å². The van der Waals surface area contributed by atoms with E-state index in [0.717, 1.165) is 41.5 Å². The van der Waals surface area contributed by atoms with Crippen LogP contribution in [-0.2, 0) is 29.0 Å². The van der Waals surface area contributed by atoms with Gasteiger partial charge in [0, 0.05) is 17.2 Å². The molecule has 0 radical (unpaired) electrons. The van der Waals surface area contributed by atoms with Gasteiger partial charge in [-0.05, 0) is 38.2 Å². The summed E-state index contributed by atoms with van der Waals surface area (Å²) in [5, 5.41) is 13.1. The fourth-order valence-electron chi connectivity index (χ4n) is 3.25. The Morgan fingerprint density at radius 2 is 1.91 bits per heavy atom. The molecule has 2 heterocycles. The number of carbonyl (C=O) groups excluding carboxylic acids is 2. The monoisotopic (exact) mass is 334 g/mol. The van der Waals surface area contributed by atoms with Crippen LogP contribution in [0.4, 0.5) is 5.69 Å². The number of hydrogen-bond acceptors (Lipinski definition) is 4. The topological polar surface area (TPSA) is 88.4 Å². The van der Waals surface area contributed by atoms with Crippen LogP contribution >= 0.6 is 11.3 Å². The van der Waals surface area contributed by atoms with Crippen LogP contribution in [0.25, 0.3) is 10.2 Å². The van der Waals surface area contributed by atoms with E-state index >= 15 is 0 Å². The zero-order chi connectivity index (χ0) is 16.7. The lowest BCUT2D eigenvalue weighted by atomic mass is 9.96. The van der Waals surface area contributed by atoms with Crippen LogP contribution in [0.3, 0.4) is 0 Å². The number of Topliss-reactive ketones (excluding diaryl/α,β-unsaturated/α-hetero) is 1. The number of aromatic carboxylic acids is 1. The molecule has 7 heteroatoms. The number of amides is 1. The SMILES string of the molecule is CC(=O)Cn1c(C(=O)O)c(NC(C)=O)c2c3c(sc21)CCCC3. The summed E-state index contributed by atoms with van der Waals surface area (Å²) in [6, 6.07) is 0. The summed E-state index contributed by atoms with van der Waals surface area (Å²) in [6.07, 6.45) is 4.02. The first-order valence-corrected chi connectivity index (χ1v) is 8.38. The van der Waals surface area contributed by atoms with Gasteiger partial charge in [0.1, 0.15) is 10.6 Å². The lowest BCUT2D eigenvalue weighted by Gasteiger charge is -2.12.